The van der Waals surface area contributed by atoms with E-state index in [-0.39, 0.29) is 11.6 Å². The number of hydrogen-bond acceptors (Lipinski definition) is 9. The molecule has 0 saturated carbocycles. The standard InChI is InChI=1S/C20H16N8O3/c1-12-5-6-13-3-2-4-15(16(13)24-12)25-18-17(28(30)31)19(23-11-22-18)26-27-20(29)14-7-9-21-10-8-14/h2-11H,1H3,(H,27,29)(H2,22,23,25,26). The zero-order chi connectivity index (χ0) is 21.8. The number of benzene rings is 1. The molecule has 0 spiro atoms. The van der Waals surface area contributed by atoms with Crippen LogP contribution < -0.4 is 16.2 Å². The van der Waals surface area contributed by atoms with Gasteiger partial charge in [-0.05, 0) is 31.2 Å². The minimum atomic E-state index is -0.632. The molecule has 3 aromatic heterocycles. The highest BCUT2D eigenvalue weighted by molar-refractivity contribution is 5.95. The molecule has 3 N–H and O–H groups in total. The van der Waals surface area contributed by atoms with E-state index >= 15 is 0 Å². The van der Waals surface area contributed by atoms with Gasteiger partial charge in [-0.1, -0.05) is 18.2 Å². The van der Waals surface area contributed by atoms with E-state index < -0.39 is 16.5 Å². The second kappa shape index (κ2) is 8.37. The maximum atomic E-state index is 12.2. The minimum Gasteiger partial charge on any atom is -0.332 e. The van der Waals surface area contributed by atoms with E-state index in [1.54, 1.807) is 6.07 Å². The van der Waals surface area contributed by atoms with Crippen LogP contribution in [0.15, 0.2) is 61.2 Å². The highest BCUT2D eigenvalue weighted by Gasteiger charge is 2.24. The summed E-state index contributed by atoms with van der Waals surface area (Å²) in [6.07, 6.45) is 4.08. The molecule has 0 unspecified atom stereocenters. The molecular formula is C20H16N8O3. The normalized spacial score (nSPS) is 10.5. The number of nitrogens with one attached hydrogen (secondary N) is 3. The number of nitrogens with zero attached hydrogens (tertiary/aromatic N) is 5. The van der Waals surface area contributed by atoms with Crippen LogP contribution in [-0.4, -0.2) is 30.8 Å². The first-order valence-corrected chi connectivity index (χ1v) is 9.12. The molecule has 31 heavy (non-hydrogen) atoms. The van der Waals surface area contributed by atoms with Gasteiger partial charge in [0.25, 0.3) is 5.91 Å². The second-order valence-electron chi connectivity index (χ2n) is 6.45. The summed E-state index contributed by atoms with van der Waals surface area (Å²) < 4.78 is 0. The van der Waals surface area contributed by atoms with Crippen molar-refractivity contribution in [2.45, 2.75) is 6.92 Å². The molecule has 0 fully saturated rings. The molecular weight excluding hydrogens is 400 g/mol. The summed E-state index contributed by atoms with van der Waals surface area (Å²) in [4.78, 5) is 39.6. The maximum Gasteiger partial charge on any atom is 0.355 e. The zero-order valence-electron chi connectivity index (χ0n) is 16.2. The van der Waals surface area contributed by atoms with Crippen molar-refractivity contribution in [3.05, 3.63) is 82.6 Å². The lowest BCUT2D eigenvalue weighted by atomic mass is 10.1. The number of amides is 1. The topological polar surface area (TPSA) is 148 Å². The van der Waals surface area contributed by atoms with Gasteiger partial charge in [0, 0.05) is 29.0 Å². The zero-order valence-corrected chi connectivity index (χ0v) is 16.2. The van der Waals surface area contributed by atoms with E-state index in [2.05, 4.69) is 36.1 Å². The van der Waals surface area contributed by atoms with Crippen LogP contribution in [0.5, 0.6) is 0 Å². The van der Waals surface area contributed by atoms with Crippen LogP contribution in [0.1, 0.15) is 16.1 Å². The first-order chi connectivity index (χ1) is 15.0. The first-order valence-electron chi connectivity index (χ1n) is 9.12. The van der Waals surface area contributed by atoms with Crippen LogP contribution in [0.25, 0.3) is 10.9 Å². The molecule has 154 valence electrons. The fourth-order valence-corrected chi connectivity index (χ4v) is 2.90. The Hall–Kier alpha value is -4.67. The summed E-state index contributed by atoms with van der Waals surface area (Å²) >= 11 is 0. The van der Waals surface area contributed by atoms with Crippen LogP contribution in [-0.2, 0) is 0 Å². The molecule has 0 aliphatic heterocycles. The molecule has 0 atom stereocenters. The summed E-state index contributed by atoms with van der Waals surface area (Å²) in [5.74, 6) is -0.718. The number of carbonyl (C=O) groups excluding carboxylic acids is 1. The third kappa shape index (κ3) is 4.19. The van der Waals surface area contributed by atoms with Crippen molar-refractivity contribution in [1.82, 2.24) is 25.4 Å². The van der Waals surface area contributed by atoms with Crippen molar-refractivity contribution in [3.8, 4) is 0 Å². The Balaban J connectivity index is 1.65. The summed E-state index contributed by atoms with van der Waals surface area (Å²) in [5.41, 5.74) is 6.79. The minimum absolute atomic E-state index is 0.0449. The first kappa shape index (κ1) is 19.6. The van der Waals surface area contributed by atoms with Gasteiger partial charge in [0.15, 0.2) is 0 Å². The number of carbonyl (C=O) groups is 1. The van der Waals surface area contributed by atoms with E-state index in [1.165, 1.54) is 24.5 Å². The monoisotopic (exact) mass is 416 g/mol. The molecule has 11 nitrogen and oxygen atoms in total. The van der Waals surface area contributed by atoms with Crippen LogP contribution in [0.4, 0.5) is 23.0 Å². The van der Waals surface area contributed by atoms with Crippen molar-refractivity contribution in [2.24, 2.45) is 0 Å². The number of rotatable bonds is 6. The number of aromatic nitrogens is 4. The predicted molar refractivity (Wildman–Crippen MR) is 114 cm³/mol. The van der Waals surface area contributed by atoms with Crippen molar-refractivity contribution in [3.63, 3.8) is 0 Å². The maximum absolute atomic E-state index is 12.2. The SMILES string of the molecule is Cc1ccc2cccc(Nc3ncnc(NNC(=O)c4ccncc4)c3[N+](=O)[O-])c2n1. The van der Waals surface area contributed by atoms with Crippen molar-refractivity contribution >= 4 is 39.8 Å². The fourth-order valence-electron chi connectivity index (χ4n) is 2.90. The fraction of sp³-hybridized carbons (Fsp3) is 0.0500. The third-order valence-electron chi connectivity index (χ3n) is 4.35. The third-order valence-corrected chi connectivity index (χ3v) is 4.35. The lowest BCUT2D eigenvalue weighted by molar-refractivity contribution is -0.383. The van der Waals surface area contributed by atoms with Crippen molar-refractivity contribution in [2.75, 3.05) is 10.7 Å². The van der Waals surface area contributed by atoms with E-state index in [0.29, 0.717) is 16.8 Å². The number of nitro groups is 1. The molecule has 3 heterocycles. The van der Waals surface area contributed by atoms with E-state index in [9.17, 15) is 14.9 Å². The van der Waals surface area contributed by atoms with E-state index in [0.717, 1.165) is 17.4 Å². The molecule has 4 aromatic rings. The molecule has 0 saturated heterocycles. The number of hydrogen-bond donors (Lipinski definition) is 3. The van der Waals surface area contributed by atoms with Gasteiger partial charge in [0.05, 0.1) is 16.1 Å². The Morgan fingerprint density at radius 1 is 1.03 bits per heavy atom. The van der Waals surface area contributed by atoms with Gasteiger partial charge < -0.3 is 5.32 Å². The Morgan fingerprint density at radius 3 is 2.58 bits per heavy atom. The molecule has 1 aromatic carbocycles. The van der Waals surface area contributed by atoms with Gasteiger partial charge in [-0.3, -0.25) is 35.7 Å². The highest BCUT2D eigenvalue weighted by atomic mass is 16.6. The van der Waals surface area contributed by atoms with Gasteiger partial charge >= 0.3 is 5.69 Å². The summed E-state index contributed by atoms with van der Waals surface area (Å²) in [6, 6.07) is 12.3. The quantitative estimate of drug-likeness (QED) is 0.318. The molecule has 4 rings (SSSR count). The smallest absolute Gasteiger partial charge is 0.332 e. The molecule has 0 bridgehead atoms. The number of para-hydroxylation sites is 1. The summed E-state index contributed by atoms with van der Waals surface area (Å²) in [5, 5.41) is 15.6. The lowest BCUT2D eigenvalue weighted by Gasteiger charge is -2.12. The Kier molecular flexibility index (Phi) is 5.30. The predicted octanol–water partition coefficient (Wildman–Crippen LogP) is 3.14. The summed E-state index contributed by atoms with van der Waals surface area (Å²) in [6.45, 7) is 1.86. The number of fused-ring (bicyclic) bond motifs is 1. The number of aryl methyl sites for hydroxylation is 1. The molecule has 0 aliphatic rings. The Labute approximate surface area is 175 Å². The van der Waals surface area contributed by atoms with Gasteiger partial charge in [0.2, 0.25) is 11.6 Å². The number of hydrazine groups is 1. The van der Waals surface area contributed by atoms with Crippen molar-refractivity contribution < 1.29 is 9.72 Å². The number of pyridine rings is 2. The van der Waals surface area contributed by atoms with Gasteiger partial charge in [-0.25, -0.2) is 9.97 Å². The van der Waals surface area contributed by atoms with Crippen molar-refractivity contribution in [1.29, 1.82) is 0 Å². The largest absolute Gasteiger partial charge is 0.355 e. The highest BCUT2D eigenvalue weighted by Crippen LogP contribution is 2.32. The molecule has 0 radical (unpaired) electrons. The van der Waals surface area contributed by atoms with Crippen LogP contribution >= 0.6 is 0 Å². The van der Waals surface area contributed by atoms with Gasteiger partial charge in [-0.15, -0.1) is 0 Å². The molecule has 1 amide bonds. The Bertz CT molecular complexity index is 1280. The summed E-state index contributed by atoms with van der Waals surface area (Å²) in [7, 11) is 0. The average molecular weight is 416 g/mol. The van der Waals surface area contributed by atoms with Gasteiger partial charge in [-0.2, -0.15) is 0 Å². The molecule has 0 aliphatic carbocycles. The van der Waals surface area contributed by atoms with Crippen LogP contribution in [0, 0.1) is 17.0 Å². The van der Waals surface area contributed by atoms with Crippen LogP contribution in [0.3, 0.4) is 0 Å². The van der Waals surface area contributed by atoms with E-state index in [1.807, 2.05) is 31.2 Å². The molecule has 11 heteroatoms. The van der Waals surface area contributed by atoms with Crippen LogP contribution in [0.2, 0.25) is 0 Å². The van der Waals surface area contributed by atoms with E-state index in [4.69, 9.17) is 0 Å². The average Bonchev–Trinajstić information content (AvgIpc) is 2.78. The lowest BCUT2D eigenvalue weighted by Crippen LogP contribution is -2.30. The number of anilines is 3. The second-order valence-corrected chi connectivity index (χ2v) is 6.45. The Morgan fingerprint density at radius 2 is 1.81 bits per heavy atom. The van der Waals surface area contributed by atoms with Gasteiger partial charge in [0.1, 0.15) is 6.33 Å².